The molecule has 0 unspecified atom stereocenters. The molecule has 8 heteroatoms. The Kier molecular flexibility index (Phi) is 5.82. The number of nitrogens with zero attached hydrogens (tertiary/aromatic N) is 2. The lowest BCUT2D eigenvalue weighted by atomic mass is 10.1. The lowest BCUT2D eigenvalue weighted by Crippen LogP contribution is -2.41. The van der Waals surface area contributed by atoms with E-state index in [-0.39, 0.29) is 28.9 Å². The fourth-order valence-corrected chi connectivity index (χ4v) is 2.36. The summed E-state index contributed by atoms with van der Waals surface area (Å²) in [7, 11) is 0. The van der Waals surface area contributed by atoms with Gasteiger partial charge in [-0.25, -0.2) is 4.39 Å². The Labute approximate surface area is 144 Å². The van der Waals surface area contributed by atoms with Gasteiger partial charge >= 0.3 is 0 Å². The van der Waals surface area contributed by atoms with E-state index in [0.717, 1.165) is 11.8 Å². The highest BCUT2D eigenvalue weighted by atomic mass is 32.2. The van der Waals surface area contributed by atoms with Crippen molar-refractivity contribution in [3.8, 4) is 5.75 Å². The number of amides is 1. The second-order valence-electron chi connectivity index (χ2n) is 6.21. The van der Waals surface area contributed by atoms with Gasteiger partial charge in [0.2, 0.25) is 5.91 Å². The maximum atomic E-state index is 12.9. The van der Waals surface area contributed by atoms with Crippen LogP contribution in [-0.4, -0.2) is 27.4 Å². The van der Waals surface area contributed by atoms with Crippen molar-refractivity contribution in [1.29, 1.82) is 0 Å². The highest BCUT2D eigenvalue weighted by Crippen LogP contribution is 2.24. The van der Waals surface area contributed by atoms with Crippen molar-refractivity contribution in [3.05, 3.63) is 36.0 Å². The van der Waals surface area contributed by atoms with E-state index in [9.17, 15) is 9.18 Å². The van der Waals surface area contributed by atoms with E-state index in [0.29, 0.717) is 11.0 Å². The lowest BCUT2D eigenvalue weighted by Gasteiger charge is -2.19. The Morgan fingerprint density at radius 3 is 2.62 bits per heavy atom. The summed E-state index contributed by atoms with van der Waals surface area (Å²) in [6.07, 6.45) is -0.485. The van der Waals surface area contributed by atoms with Crippen molar-refractivity contribution in [2.24, 2.45) is 0 Å². The number of carbonyl (C=O) groups is 1. The number of hydrogen-bond acceptors (Lipinski definition) is 6. The molecule has 1 N–H and O–H groups in total. The minimum atomic E-state index is -0.485. The molecule has 24 heavy (non-hydrogen) atoms. The SMILES string of the molecule is C[C@H](Oc1ccc(F)cc1)c1nnc(SCC(=O)NC(C)(C)C)o1. The third kappa shape index (κ3) is 5.84. The van der Waals surface area contributed by atoms with Crippen molar-refractivity contribution >= 4 is 17.7 Å². The summed E-state index contributed by atoms with van der Waals surface area (Å²) in [5.74, 6) is 0.535. The van der Waals surface area contributed by atoms with Gasteiger partial charge in [-0.1, -0.05) is 11.8 Å². The average Bonchev–Trinajstić information content (AvgIpc) is 2.95. The zero-order chi connectivity index (χ0) is 17.7. The van der Waals surface area contributed by atoms with Crippen LogP contribution in [0.5, 0.6) is 5.75 Å². The van der Waals surface area contributed by atoms with Crippen LogP contribution in [0.25, 0.3) is 0 Å². The summed E-state index contributed by atoms with van der Waals surface area (Å²) in [5, 5.41) is 10.9. The van der Waals surface area contributed by atoms with Gasteiger partial charge in [0.25, 0.3) is 11.1 Å². The normalized spacial score (nSPS) is 12.7. The van der Waals surface area contributed by atoms with E-state index < -0.39 is 6.10 Å². The van der Waals surface area contributed by atoms with Crippen molar-refractivity contribution in [2.75, 3.05) is 5.75 Å². The summed E-state index contributed by atoms with van der Waals surface area (Å²) in [5.41, 5.74) is -0.283. The number of thioether (sulfide) groups is 1. The minimum Gasteiger partial charge on any atom is -0.481 e. The molecule has 0 aliphatic rings. The molecular formula is C16H20FN3O3S. The molecule has 6 nitrogen and oxygen atoms in total. The van der Waals surface area contributed by atoms with E-state index in [1.165, 1.54) is 24.3 Å². The van der Waals surface area contributed by atoms with Gasteiger partial charge in [-0.15, -0.1) is 10.2 Å². The van der Waals surface area contributed by atoms with Crippen molar-refractivity contribution in [3.63, 3.8) is 0 Å². The molecule has 2 aromatic rings. The molecule has 1 amide bonds. The average molecular weight is 353 g/mol. The van der Waals surface area contributed by atoms with Gasteiger partial charge in [-0.2, -0.15) is 0 Å². The molecule has 0 saturated carbocycles. The molecule has 0 aliphatic carbocycles. The van der Waals surface area contributed by atoms with Crippen LogP contribution >= 0.6 is 11.8 Å². The molecular weight excluding hydrogens is 333 g/mol. The number of nitrogens with one attached hydrogen (secondary N) is 1. The molecule has 0 radical (unpaired) electrons. The summed E-state index contributed by atoms with van der Waals surface area (Å²) in [6, 6.07) is 5.67. The zero-order valence-corrected chi connectivity index (χ0v) is 14.8. The summed E-state index contributed by atoms with van der Waals surface area (Å²) < 4.78 is 24.0. The number of halogens is 1. The largest absolute Gasteiger partial charge is 0.481 e. The van der Waals surface area contributed by atoms with Gasteiger partial charge in [0, 0.05) is 5.54 Å². The Morgan fingerprint density at radius 1 is 1.33 bits per heavy atom. The van der Waals surface area contributed by atoms with Crippen LogP contribution in [0.4, 0.5) is 4.39 Å². The minimum absolute atomic E-state index is 0.108. The van der Waals surface area contributed by atoms with Gasteiger partial charge in [0.05, 0.1) is 5.75 Å². The van der Waals surface area contributed by atoms with Crippen LogP contribution in [0, 0.1) is 5.82 Å². The number of hydrogen-bond donors (Lipinski definition) is 1. The first-order chi connectivity index (χ1) is 11.2. The van der Waals surface area contributed by atoms with Gasteiger partial charge in [0.15, 0.2) is 6.10 Å². The Balaban J connectivity index is 1.87. The second-order valence-corrected chi connectivity index (χ2v) is 7.13. The number of carbonyl (C=O) groups excluding carboxylic acids is 1. The van der Waals surface area contributed by atoms with Crippen molar-refractivity contribution < 1.29 is 18.3 Å². The van der Waals surface area contributed by atoms with E-state index in [1.807, 2.05) is 20.8 Å². The molecule has 0 fully saturated rings. The number of rotatable bonds is 6. The predicted octanol–water partition coefficient (Wildman–Crippen LogP) is 3.36. The predicted molar refractivity (Wildman–Crippen MR) is 88.4 cm³/mol. The molecule has 2 rings (SSSR count). The van der Waals surface area contributed by atoms with E-state index in [1.54, 1.807) is 6.92 Å². The van der Waals surface area contributed by atoms with Crippen LogP contribution in [0.1, 0.15) is 39.7 Å². The van der Waals surface area contributed by atoms with Crippen LogP contribution in [0.2, 0.25) is 0 Å². The lowest BCUT2D eigenvalue weighted by molar-refractivity contribution is -0.119. The Morgan fingerprint density at radius 2 is 2.00 bits per heavy atom. The van der Waals surface area contributed by atoms with Crippen molar-refractivity contribution in [2.45, 2.75) is 44.6 Å². The van der Waals surface area contributed by atoms with Gasteiger partial charge in [-0.3, -0.25) is 4.79 Å². The molecule has 0 aliphatic heterocycles. The van der Waals surface area contributed by atoms with E-state index >= 15 is 0 Å². The molecule has 0 saturated heterocycles. The molecule has 0 spiro atoms. The van der Waals surface area contributed by atoms with E-state index in [2.05, 4.69) is 15.5 Å². The van der Waals surface area contributed by atoms with Crippen LogP contribution in [0.15, 0.2) is 33.9 Å². The molecule has 1 aromatic heterocycles. The quantitative estimate of drug-likeness (QED) is 0.803. The number of benzene rings is 1. The van der Waals surface area contributed by atoms with Crippen LogP contribution in [-0.2, 0) is 4.79 Å². The maximum absolute atomic E-state index is 12.9. The van der Waals surface area contributed by atoms with E-state index in [4.69, 9.17) is 9.15 Å². The van der Waals surface area contributed by atoms with Crippen molar-refractivity contribution in [1.82, 2.24) is 15.5 Å². The van der Waals surface area contributed by atoms with Crippen LogP contribution in [0.3, 0.4) is 0 Å². The molecule has 0 bridgehead atoms. The highest BCUT2D eigenvalue weighted by molar-refractivity contribution is 7.99. The molecule has 1 atom stereocenters. The molecule has 1 aromatic carbocycles. The fraction of sp³-hybridized carbons (Fsp3) is 0.438. The fourth-order valence-electron chi connectivity index (χ4n) is 1.79. The molecule has 1 heterocycles. The first kappa shape index (κ1) is 18.3. The van der Waals surface area contributed by atoms with Gasteiger partial charge in [-0.05, 0) is 52.0 Å². The zero-order valence-electron chi connectivity index (χ0n) is 14.0. The first-order valence-corrected chi connectivity index (χ1v) is 8.41. The summed E-state index contributed by atoms with van der Waals surface area (Å²) >= 11 is 1.16. The first-order valence-electron chi connectivity index (χ1n) is 7.42. The number of ether oxygens (including phenoxy) is 1. The third-order valence-corrected chi connectivity index (χ3v) is 3.56. The Hall–Kier alpha value is -2.09. The van der Waals surface area contributed by atoms with Gasteiger partial charge in [0.1, 0.15) is 11.6 Å². The molecule has 130 valence electrons. The highest BCUT2D eigenvalue weighted by Gasteiger charge is 2.18. The Bertz CT molecular complexity index is 683. The van der Waals surface area contributed by atoms with Crippen LogP contribution < -0.4 is 10.1 Å². The monoisotopic (exact) mass is 353 g/mol. The standard InChI is InChI=1S/C16H20FN3O3S/c1-10(22-12-7-5-11(17)6-8-12)14-19-20-15(23-14)24-9-13(21)18-16(2,3)4/h5-8,10H,9H2,1-4H3,(H,18,21)/t10-/m0/s1. The summed E-state index contributed by atoms with van der Waals surface area (Å²) in [6.45, 7) is 7.48. The topological polar surface area (TPSA) is 77.2 Å². The maximum Gasteiger partial charge on any atom is 0.277 e. The third-order valence-electron chi connectivity index (χ3n) is 2.74. The smallest absolute Gasteiger partial charge is 0.277 e. The second kappa shape index (κ2) is 7.65. The van der Waals surface area contributed by atoms with Gasteiger partial charge < -0.3 is 14.5 Å². The number of aromatic nitrogens is 2. The summed E-state index contributed by atoms with van der Waals surface area (Å²) in [4.78, 5) is 11.8.